The van der Waals surface area contributed by atoms with E-state index in [4.69, 9.17) is 0 Å². The number of likely N-dealkylation sites (tertiary alicyclic amines) is 1. The minimum atomic E-state index is -0.139. The molecule has 2 aromatic rings. The summed E-state index contributed by atoms with van der Waals surface area (Å²) in [7, 11) is 0. The van der Waals surface area contributed by atoms with Gasteiger partial charge in [0.15, 0.2) is 0 Å². The van der Waals surface area contributed by atoms with Gasteiger partial charge in [-0.05, 0) is 49.1 Å². The second-order valence-electron chi connectivity index (χ2n) is 7.66. The van der Waals surface area contributed by atoms with Crippen molar-refractivity contribution in [2.75, 3.05) is 26.2 Å². The minimum absolute atomic E-state index is 0.0148. The van der Waals surface area contributed by atoms with Gasteiger partial charge in [-0.1, -0.05) is 42.5 Å². The number of hydrogen-bond donors (Lipinski definition) is 2. The molecule has 5 nitrogen and oxygen atoms in total. The first-order chi connectivity index (χ1) is 13.7. The molecule has 2 aliphatic rings. The summed E-state index contributed by atoms with van der Waals surface area (Å²) in [5.74, 6) is -0.0726. The number of nitrogens with zero attached hydrogens (tertiary/aromatic N) is 1. The molecule has 1 fully saturated rings. The molecule has 0 spiro atoms. The van der Waals surface area contributed by atoms with Crippen LogP contribution in [0.15, 0.2) is 54.6 Å². The van der Waals surface area contributed by atoms with Gasteiger partial charge in [0.05, 0.1) is 5.92 Å². The van der Waals surface area contributed by atoms with Crippen molar-refractivity contribution in [3.63, 3.8) is 0 Å². The van der Waals surface area contributed by atoms with Crippen molar-refractivity contribution in [3.05, 3.63) is 71.3 Å². The topological polar surface area (TPSA) is 61.4 Å². The Kier molecular flexibility index (Phi) is 5.72. The first-order valence-electron chi connectivity index (χ1n) is 10.2. The van der Waals surface area contributed by atoms with Gasteiger partial charge in [-0.15, -0.1) is 0 Å². The Morgan fingerprint density at radius 2 is 1.86 bits per heavy atom. The Balaban J connectivity index is 1.34. The van der Waals surface area contributed by atoms with E-state index in [-0.39, 0.29) is 23.8 Å². The SMILES string of the molecule is O=C(NCC1NCCc2ccccc21)C1CCCN(C(=O)c2ccccc2)C1. The second-order valence-corrected chi connectivity index (χ2v) is 7.66. The maximum absolute atomic E-state index is 12.8. The van der Waals surface area contributed by atoms with Gasteiger partial charge in [0.25, 0.3) is 5.91 Å². The predicted octanol–water partition coefficient (Wildman–Crippen LogP) is 2.54. The molecule has 5 heteroatoms. The van der Waals surface area contributed by atoms with Crippen LogP contribution in [0.3, 0.4) is 0 Å². The van der Waals surface area contributed by atoms with E-state index in [0.717, 1.165) is 32.4 Å². The average Bonchev–Trinajstić information content (AvgIpc) is 2.77. The number of nitrogens with one attached hydrogen (secondary N) is 2. The van der Waals surface area contributed by atoms with Gasteiger partial charge in [-0.3, -0.25) is 9.59 Å². The van der Waals surface area contributed by atoms with Crippen molar-refractivity contribution in [3.8, 4) is 0 Å². The summed E-state index contributed by atoms with van der Waals surface area (Å²) in [5, 5.41) is 6.63. The highest BCUT2D eigenvalue weighted by Crippen LogP contribution is 2.23. The molecule has 2 amide bonds. The zero-order valence-electron chi connectivity index (χ0n) is 16.1. The van der Waals surface area contributed by atoms with Crippen LogP contribution in [0.25, 0.3) is 0 Å². The fourth-order valence-corrected chi connectivity index (χ4v) is 4.26. The number of carbonyl (C=O) groups is 2. The number of fused-ring (bicyclic) bond motifs is 1. The lowest BCUT2D eigenvalue weighted by molar-refractivity contribution is -0.126. The van der Waals surface area contributed by atoms with E-state index in [1.165, 1.54) is 11.1 Å². The molecule has 2 N–H and O–H groups in total. The zero-order valence-corrected chi connectivity index (χ0v) is 16.1. The van der Waals surface area contributed by atoms with Crippen LogP contribution in [0.1, 0.15) is 40.4 Å². The Morgan fingerprint density at radius 1 is 1.07 bits per heavy atom. The van der Waals surface area contributed by atoms with Crippen molar-refractivity contribution in [2.24, 2.45) is 5.92 Å². The summed E-state index contributed by atoms with van der Waals surface area (Å²) < 4.78 is 0. The molecule has 146 valence electrons. The first kappa shape index (κ1) is 18.7. The molecular formula is C23H27N3O2. The smallest absolute Gasteiger partial charge is 0.253 e. The lowest BCUT2D eigenvalue weighted by atomic mass is 9.93. The van der Waals surface area contributed by atoms with Crippen molar-refractivity contribution in [2.45, 2.75) is 25.3 Å². The largest absolute Gasteiger partial charge is 0.354 e. The standard InChI is InChI=1S/C23H27N3O2/c27-22(25-15-21-20-11-5-4-7-17(20)12-13-24-21)19-10-6-14-26(16-19)23(28)18-8-2-1-3-9-18/h1-5,7-9,11,19,21,24H,6,10,12-16H2,(H,25,27). The molecule has 2 aromatic carbocycles. The van der Waals surface area contributed by atoms with Crippen LogP contribution in [0.5, 0.6) is 0 Å². The van der Waals surface area contributed by atoms with E-state index < -0.39 is 0 Å². The highest BCUT2D eigenvalue weighted by atomic mass is 16.2. The Bertz CT molecular complexity index is 837. The number of rotatable bonds is 4. The lowest BCUT2D eigenvalue weighted by Gasteiger charge is -2.33. The lowest BCUT2D eigenvalue weighted by Crippen LogP contribution is -2.47. The summed E-state index contributed by atoms with van der Waals surface area (Å²) in [6, 6.07) is 17.9. The molecule has 28 heavy (non-hydrogen) atoms. The number of benzene rings is 2. The summed E-state index contributed by atoms with van der Waals surface area (Å²) in [4.78, 5) is 27.3. The van der Waals surface area contributed by atoms with Crippen LogP contribution < -0.4 is 10.6 Å². The Hall–Kier alpha value is -2.66. The van der Waals surface area contributed by atoms with E-state index in [9.17, 15) is 9.59 Å². The molecule has 0 bridgehead atoms. The Labute approximate surface area is 166 Å². The van der Waals surface area contributed by atoms with Crippen molar-refractivity contribution >= 4 is 11.8 Å². The third-order valence-corrected chi connectivity index (χ3v) is 5.80. The van der Waals surface area contributed by atoms with E-state index in [1.807, 2.05) is 35.2 Å². The number of amides is 2. The van der Waals surface area contributed by atoms with Crippen LogP contribution >= 0.6 is 0 Å². The van der Waals surface area contributed by atoms with Gasteiger partial charge in [0.2, 0.25) is 5.91 Å². The van der Waals surface area contributed by atoms with Crippen molar-refractivity contribution in [1.29, 1.82) is 0 Å². The van der Waals surface area contributed by atoms with Crippen LogP contribution in [0, 0.1) is 5.92 Å². The molecule has 4 rings (SSSR count). The first-order valence-corrected chi connectivity index (χ1v) is 10.2. The van der Waals surface area contributed by atoms with Crippen molar-refractivity contribution in [1.82, 2.24) is 15.5 Å². The predicted molar refractivity (Wildman–Crippen MR) is 109 cm³/mol. The van der Waals surface area contributed by atoms with Crippen molar-refractivity contribution < 1.29 is 9.59 Å². The molecule has 0 aliphatic carbocycles. The number of hydrogen-bond acceptors (Lipinski definition) is 3. The summed E-state index contributed by atoms with van der Waals surface area (Å²) in [5.41, 5.74) is 3.32. The summed E-state index contributed by atoms with van der Waals surface area (Å²) >= 11 is 0. The molecule has 0 aromatic heterocycles. The van der Waals surface area contributed by atoms with E-state index in [1.54, 1.807) is 0 Å². The molecule has 0 radical (unpaired) electrons. The quantitative estimate of drug-likeness (QED) is 0.861. The van der Waals surface area contributed by atoms with Crippen LogP contribution in [0.4, 0.5) is 0 Å². The summed E-state index contributed by atoms with van der Waals surface area (Å²) in [6.07, 6.45) is 2.72. The average molecular weight is 377 g/mol. The van der Waals surface area contributed by atoms with Gasteiger partial charge >= 0.3 is 0 Å². The summed E-state index contributed by atoms with van der Waals surface area (Å²) in [6.45, 7) is 2.72. The minimum Gasteiger partial charge on any atom is -0.354 e. The van der Waals surface area contributed by atoms with E-state index in [0.29, 0.717) is 18.7 Å². The van der Waals surface area contributed by atoms with E-state index in [2.05, 4.69) is 34.9 Å². The normalized spacial score (nSPS) is 21.6. The molecule has 2 atom stereocenters. The zero-order chi connectivity index (χ0) is 19.3. The Morgan fingerprint density at radius 3 is 2.71 bits per heavy atom. The van der Waals surface area contributed by atoms with Gasteiger partial charge in [-0.2, -0.15) is 0 Å². The highest BCUT2D eigenvalue weighted by molar-refractivity contribution is 5.94. The van der Waals surface area contributed by atoms with Crippen LogP contribution in [0.2, 0.25) is 0 Å². The highest BCUT2D eigenvalue weighted by Gasteiger charge is 2.29. The van der Waals surface area contributed by atoms with Gasteiger partial charge in [-0.25, -0.2) is 0 Å². The molecule has 2 aliphatic heterocycles. The second kappa shape index (κ2) is 8.57. The number of piperidine rings is 1. The third-order valence-electron chi connectivity index (χ3n) is 5.80. The molecular weight excluding hydrogens is 350 g/mol. The van der Waals surface area contributed by atoms with E-state index >= 15 is 0 Å². The number of carbonyl (C=O) groups excluding carboxylic acids is 2. The van der Waals surface area contributed by atoms with Gasteiger partial charge in [0.1, 0.15) is 0 Å². The molecule has 0 saturated carbocycles. The fourth-order valence-electron chi connectivity index (χ4n) is 4.26. The van der Waals surface area contributed by atoms with Gasteiger partial charge < -0.3 is 15.5 Å². The molecule has 2 heterocycles. The van der Waals surface area contributed by atoms with Gasteiger partial charge in [0, 0.05) is 31.2 Å². The maximum Gasteiger partial charge on any atom is 0.253 e. The third kappa shape index (κ3) is 4.09. The fraction of sp³-hybridized carbons (Fsp3) is 0.391. The molecule has 1 saturated heterocycles. The monoisotopic (exact) mass is 377 g/mol. The van der Waals surface area contributed by atoms with Crippen LogP contribution in [-0.4, -0.2) is 42.9 Å². The van der Waals surface area contributed by atoms with Crippen LogP contribution in [-0.2, 0) is 11.2 Å². The molecule has 2 unspecified atom stereocenters. The maximum atomic E-state index is 12.8.